The molecule has 1 aliphatic heterocycles. The van der Waals surface area contributed by atoms with Crippen molar-refractivity contribution in [3.63, 3.8) is 0 Å². The van der Waals surface area contributed by atoms with E-state index in [0.717, 1.165) is 25.8 Å². The Morgan fingerprint density at radius 2 is 2.11 bits per heavy atom. The molecule has 0 radical (unpaired) electrons. The van der Waals surface area contributed by atoms with Gasteiger partial charge in [0.15, 0.2) is 0 Å². The summed E-state index contributed by atoms with van der Waals surface area (Å²) in [4.78, 5) is 3.15. The minimum atomic E-state index is -0.0299. The van der Waals surface area contributed by atoms with Gasteiger partial charge in [-0.25, -0.2) is 0 Å². The molecule has 1 heterocycles. The fourth-order valence-electron chi connectivity index (χ4n) is 2.78. The van der Waals surface area contributed by atoms with Crippen LogP contribution in [0.1, 0.15) is 39.2 Å². The van der Waals surface area contributed by atoms with Crippen molar-refractivity contribution in [1.29, 1.82) is 0 Å². The fourth-order valence-corrected chi connectivity index (χ4v) is 2.89. The Morgan fingerprint density at radius 1 is 1.42 bits per heavy atom. The van der Waals surface area contributed by atoms with Gasteiger partial charge >= 0.3 is 0 Å². The minimum Gasteiger partial charge on any atom is -0.393 e. The largest absolute Gasteiger partial charge is 0.393 e. The molecule has 0 aliphatic carbocycles. The van der Waals surface area contributed by atoms with Crippen LogP contribution in [-0.4, -0.2) is 17.6 Å². The summed E-state index contributed by atoms with van der Waals surface area (Å²) in [7, 11) is 0. The van der Waals surface area contributed by atoms with Crippen LogP contribution in [0.4, 0.5) is 5.69 Å². The Morgan fingerprint density at radius 3 is 2.79 bits per heavy atom. The fraction of sp³-hybridized carbons (Fsp3) is 0.562. The smallest absolute Gasteiger partial charge is 0.0784 e. The van der Waals surface area contributed by atoms with Gasteiger partial charge in [-0.1, -0.05) is 44.3 Å². The molecule has 1 aliphatic rings. The van der Waals surface area contributed by atoms with E-state index in [1.54, 1.807) is 0 Å². The molecule has 1 unspecified atom stereocenters. The van der Waals surface area contributed by atoms with Gasteiger partial charge in [0.1, 0.15) is 0 Å². The monoisotopic (exact) mass is 276 g/mol. The highest BCUT2D eigenvalue weighted by atomic mass is 32.1. The second kappa shape index (κ2) is 5.49. The summed E-state index contributed by atoms with van der Waals surface area (Å²) < 4.78 is 0. The molecule has 0 fully saturated rings. The van der Waals surface area contributed by atoms with Crippen molar-refractivity contribution in [1.82, 2.24) is 0 Å². The molecule has 104 valence electrons. The van der Waals surface area contributed by atoms with Gasteiger partial charge in [0, 0.05) is 23.7 Å². The lowest BCUT2D eigenvalue weighted by Crippen LogP contribution is -2.33. The second-order valence-electron chi connectivity index (χ2n) is 6.23. The van der Waals surface area contributed by atoms with E-state index < -0.39 is 0 Å². The maximum absolute atomic E-state index is 5.79. The Kier molecular flexibility index (Phi) is 4.14. The maximum atomic E-state index is 5.79. The van der Waals surface area contributed by atoms with Crippen molar-refractivity contribution in [3.05, 3.63) is 29.8 Å². The summed E-state index contributed by atoms with van der Waals surface area (Å²) in [6, 6.07) is 9.33. The summed E-state index contributed by atoms with van der Waals surface area (Å²) in [5.41, 5.74) is 8.64. The maximum Gasteiger partial charge on any atom is 0.0784 e. The van der Waals surface area contributed by atoms with E-state index in [1.165, 1.54) is 11.3 Å². The molecule has 0 aromatic heterocycles. The Labute approximate surface area is 122 Å². The standard InChI is InChI=1S/C16H24N2S/c1-12-11-13-7-4-5-8-14(13)18(12)10-6-9-16(2,3)15(17)19/h4-5,7-8,12H,6,9-11H2,1-3H3,(H2,17,19). The lowest BCUT2D eigenvalue weighted by atomic mass is 9.88. The lowest BCUT2D eigenvalue weighted by Gasteiger charge is -2.28. The zero-order chi connectivity index (χ0) is 14.0. The highest BCUT2D eigenvalue weighted by Crippen LogP contribution is 2.32. The molecule has 1 aromatic rings. The van der Waals surface area contributed by atoms with Crippen molar-refractivity contribution in [2.75, 3.05) is 11.4 Å². The molecule has 2 rings (SSSR count). The number of anilines is 1. The zero-order valence-electron chi connectivity index (χ0n) is 12.1. The van der Waals surface area contributed by atoms with Crippen molar-refractivity contribution in [2.24, 2.45) is 11.1 Å². The molecule has 1 aromatic carbocycles. The molecule has 19 heavy (non-hydrogen) atoms. The first-order valence-corrected chi connectivity index (χ1v) is 7.47. The van der Waals surface area contributed by atoms with Crippen molar-refractivity contribution in [3.8, 4) is 0 Å². The average molecular weight is 276 g/mol. The molecule has 0 saturated carbocycles. The van der Waals surface area contributed by atoms with Crippen LogP contribution in [-0.2, 0) is 6.42 Å². The van der Waals surface area contributed by atoms with Gasteiger partial charge in [-0.3, -0.25) is 0 Å². The summed E-state index contributed by atoms with van der Waals surface area (Å²) in [6.45, 7) is 7.66. The average Bonchev–Trinajstić information content (AvgIpc) is 2.65. The van der Waals surface area contributed by atoms with Crippen LogP contribution in [0.5, 0.6) is 0 Å². The van der Waals surface area contributed by atoms with Crippen molar-refractivity contribution in [2.45, 2.75) is 46.1 Å². The third kappa shape index (κ3) is 3.08. The van der Waals surface area contributed by atoms with Crippen molar-refractivity contribution >= 4 is 22.9 Å². The highest BCUT2D eigenvalue weighted by molar-refractivity contribution is 7.80. The van der Waals surface area contributed by atoms with Gasteiger partial charge in [0.2, 0.25) is 0 Å². The number of nitrogens with two attached hydrogens (primary N) is 1. The molecular formula is C16H24N2S. The minimum absolute atomic E-state index is 0.0299. The number of hydrogen-bond acceptors (Lipinski definition) is 2. The van der Waals surface area contributed by atoms with Crippen LogP contribution < -0.4 is 10.6 Å². The van der Waals surface area contributed by atoms with E-state index >= 15 is 0 Å². The number of nitrogens with zero attached hydrogens (tertiary/aromatic N) is 1. The number of para-hydroxylation sites is 1. The van der Waals surface area contributed by atoms with Crippen LogP contribution in [0.2, 0.25) is 0 Å². The van der Waals surface area contributed by atoms with Gasteiger partial charge in [-0.2, -0.15) is 0 Å². The highest BCUT2D eigenvalue weighted by Gasteiger charge is 2.26. The van der Waals surface area contributed by atoms with Crippen LogP contribution >= 0.6 is 12.2 Å². The third-order valence-electron chi connectivity index (χ3n) is 4.22. The number of benzene rings is 1. The Balaban J connectivity index is 1.96. The Bertz CT molecular complexity index is 468. The molecule has 1 atom stereocenters. The summed E-state index contributed by atoms with van der Waals surface area (Å²) in [5.74, 6) is 0. The molecule has 3 heteroatoms. The lowest BCUT2D eigenvalue weighted by molar-refractivity contribution is 0.454. The molecule has 2 nitrogen and oxygen atoms in total. The van der Waals surface area contributed by atoms with E-state index in [1.807, 2.05) is 0 Å². The van der Waals surface area contributed by atoms with E-state index in [0.29, 0.717) is 11.0 Å². The topological polar surface area (TPSA) is 29.3 Å². The SMILES string of the molecule is CC1Cc2ccccc2N1CCCC(C)(C)C(N)=S. The van der Waals surface area contributed by atoms with E-state index in [9.17, 15) is 0 Å². The molecule has 2 N–H and O–H groups in total. The molecule has 0 spiro atoms. The van der Waals surface area contributed by atoms with Crippen LogP contribution in [0.3, 0.4) is 0 Å². The van der Waals surface area contributed by atoms with Crippen LogP contribution in [0, 0.1) is 5.41 Å². The first-order valence-electron chi connectivity index (χ1n) is 7.06. The predicted octanol–water partition coefficient (Wildman–Crippen LogP) is 3.53. The number of fused-ring (bicyclic) bond motifs is 1. The molecule has 0 bridgehead atoms. The van der Waals surface area contributed by atoms with Crippen LogP contribution in [0.15, 0.2) is 24.3 Å². The first-order chi connectivity index (χ1) is 8.92. The van der Waals surface area contributed by atoms with Crippen LogP contribution in [0.25, 0.3) is 0 Å². The molecular weight excluding hydrogens is 252 g/mol. The van der Waals surface area contributed by atoms with Gasteiger partial charge < -0.3 is 10.6 Å². The number of rotatable bonds is 5. The number of thiocarbonyl (C=S) groups is 1. The summed E-state index contributed by atoms with van der Waals surface area (Å²) in [6.07, 6.45) is 3.34. The zero-order valence-corrected chi connectivity index (χ0v) is 13.0. The summed E-state index contributed by atoms with van der Waals surface area (Å²) in [5, 5.41) is 0. The number of hydrogen-bond donors (Lipinski definition) is 1. The quantitative estimate of drug-likeness (QED) is 0.834. The Hall–Kier alpha value is -1.09. The predicted molar refractivity (Wildman–Crippen MR) is 86.8 cm³/mol. The summed E-state index contributed by atoms with van der Waals surface area (Å²) >= 11 is 5.13. The van der Waals surface area contributed by atoms with Gasteiger partial charge in [-0.05, 0) is 37.8 Å². The third-order valence-corrected chi connectivity index (χ3v) is 4.77. The first kappa shape index (κ1) is 14.3. The molecule has 0 saturated heterocycles. The van der Waals surface area contributed by atoms with Gasteiger partial charge in [0.05, 0.1) is 4.99 Å². The van der Waals surface area contributed by atoms with Crippen molar-refractivity contribution < 1.29 is 0 Å². The molecule has 0 amide bonds. The second-order valence-corrected chi connectivity index (χ2v) is 6.67. The van der Waals surface area contributed by atoms with E-state index in [-0.39, 0.29) is 5.41 Å². The van der Waals surface area contributed by atoms with E-state index in [4.69, 9.17) is 18.0 Å². The van der Waals surface area contributed by atoms with E-state index in [2.05, 4.69) is 49.9 Å². The van der Waals surface area contributed by atoms with Gasteiger partial charge in [-0.15, -0.1) is 0 Å². The normalized spacial score (nSPS) is 18.5. The van der Waals surface area contributed by atoms with Gasteiger partial charge in [0.25, 0.3) is 0 Å².